The Bertz CT molecular complexity index is 428. The fraction of sp³-hybridized carbons (Fsp3) is 0.333. The summed E-state index contributed by atoms with van der Waals surface area (Å²) in [5, 5.41) is 8.38. The first kappa shape index (κ1) is 12.6. The molecule has 1 atom stereocenters. The van der Waals surface area contributed by atoms with E-state index in [1.165, 1.54) is 6.07 Å². The van der Waals surface area contributed by atoms with Crippen LogP contribution in [0.3, 0.4) is 0 Å². The van der Waals surface area contributed by atoms with Crippen molar-refractivity contribution < 1.29 is 17.9 Å². The van der Waals surface area contributed by atoms with Crippen LogP contribution >= 0.6 is 11.6 Å². The van der Waals surface area contributed by atoms with Crippen LogP contribution in [0.25, 0.3) is 0 Å². The van der Waals surface area contributed by atoms with Gasteiger partial charge >= 0.3 is 6.18 Å². The molecule has 0 bridgehead atoms. The van der Waals surface area contributed by atoms with Crippen molar-refractivity contribution in [2.75, 3.05) is 0 Å². The average molecular weight is 251 g/mol. The summed E-state index contributed by atoms with van der Waals surface area (Å²) in [4.78, 5) is 3.54. The van der Waals surface area contributed by atoms with Crippen LogP contribution in [-0.2, 0) is 0 Å². The van der Waals surface area contributed by atoms with E-state index >= 15 is 0 Å². The molecule has 3 nitrogen and oxygen atoms in total. The van der Waals surface area contributed by atoms with E-state index < -0.39 is 18.2 Å². The Balaban J connectivity index is 2.95. The number of rotatable bonds is 2. The van der Waals surface area contributed by atoms with Gasteiger partial charge in [0.25, 0.3) is 0 Å². The Morgan fingerprint density at radius 3 is 2.69 bits per heavy atom. The van der Waals surface area contributed by atoms with Gasteiger partial charge in [-0.1, -0.05) is 11.6 Å². The third-order valence-corrected chi connectivity index (χ3v) is 2.09. The van der Waals surface area contributed by atoms with E-state index in [4.69, 9.17) is 16.9 Å². The van der Waals surface area contributed by atoms with E-state index in [2.05, 4.69) is 9.72 Å². The third-order valence-electron chi connectivity index (χ3n) is 1.73. The summed E-state index contributed by atoms with van der Waals surface area (Å²) in [6.45, 7) is 0.830. The lowest BCUT2D eigenvalue weighted by Gasteiger charge is -2.17. The van der Waals surface area contributed by atoms with Crippen LogP contribution in [0.1, 0.15) is 12.5 Å². The van der Waals surface area contributed by atoms with Crippen LogP contribution in [0, 0.1) is 11.3 Å². The summed E-state index contributed by atoms with van der Waals surface area (Å²) >= 11 is 5.63. The Morgan fingerprint density at radius 2 is 2.19 bits per heavy atom. The van der Waals surface area contributed by atoms with Crippen LogP contribution in [-0.4, -0.2) is 17.3 Å². The van der Waals surface area contributed by atoms with Crippen LogP contribution in [0.5, 0.6) is 5.88 Å². The van der Waals surface area contributed by atoms with Crippen LogP contribution in [0.15, 0.2) is 12.3 Å². The van der Waals surface area contributed by atoms with Crippen LogP contribution in [0.2, 0.25) is 5.02 Å². The monoisotopic (exact) mass is 250 g/mol. The molecule has 0 aliphatic carbocycles. The van der Waals surface area contributed by atoms with Crippen molar-refractivity contribution in [1.82, 2.24) is 4.98 Å². The molecule has 1 rings (SSSR count). The highest BCUT2D eigenvalue weighted by Gasteiger charge is 2.38. The predicted molar refractivity (Wildman–Crippen MR) is 50.1 cm³/mol. The van der Waals surface area contributed by atoms with Crippen molar-refractivity contribution in [1.29, 1.82) is 5.26 Å². The Labute approximate surface area is 94.4 Å². The van der Waals surface area contributed by atoms with Crippen LogP contribution in [0.4, 0.5) is 13.2 Å². The molecule has 1 aromatic rings. The minimum absolute atomic E-state index is 0.0149. The van der Waals surface area contributed by atoms with Crippen LogP contribution < -0.4 is 4.74 Å². The Kier molecular flexibility index (Phi) is 3.60. The van der Waals surface area contributed by atoms with E-state index in [9.17, 15) is 13.2 Å². The molecule has 0 saturated heterocycles. The van der Waals surface area contributed by atoms with Gasteiger partial charge in [0.2, 0.25) is 5.88 Å². The van der Waals surface area contributed by atoms with E-state index in [1.54, 1.807) is 6.07 Å². The summed E-state index contributed by atoms with van der Waals surface area (Å²) in [5.74, 6) is -0.398. The molecule has 0 amide bonds. The van der Waals surface area contributed by atoms with Gasteiger partial charge in [-0.15, -0.1) is 0 Å². The van der Waals surface area contributed by atoms with Crippen molar-refractivity contribution in [2.45, 2.75) is 19.2 Å². The van der Waals surface area contributed by atoms with Crippen molar-refractivity contribution in [2.24, 2.45) is 0 Å². The maximum atomic E-state index is 12.2. The molecule has 86 valence electrons. The molecule has 1 aromatic heterocycles. The number of ether oxygens (including phenoxy) is 1. The first-order chi connectivity index (χ1) is 7.36. The Morgan fingerprint density at radius 1 is 1.56 bits per heavy atom. The minimum atomic E-state index is -4.51. The van der Waals surface area contributed by atoms with Gasteiger partial charge in [0, 0.05) is 6.20 Å². The van der Waals surface area contributed by atoms with Crippen molar-refractivity contribution >= 4 is 11.6 Å². The number of aromatic nitrogens is 1. The number of nitriles is 1. The fourth-order valence-corrected chi connectivity index (χ4v) is 1.03. The molecule has 0 spiro atoms. The maximum Gasteiger partial charge on any atom is 0.425 e. The summed E-state index contributed by atoms with van der Waals surface area (Å²) in [6, 6.07) is 3.00. The van der Waals surface area contributed by atoms with Crippen molar-refractivity contribution in [3.05, 3.63) is 22.8 Å². The SMILES string of the molecule is CC(Oc1nccc(C#N)c1Cl)C(F)(F)F. The molecule has 0 aliphatic rings. The maximum absolute atomic E-state index is 12.2. The van der Waals surface area contributed by atoms with Gasteiger partial charge < -0.3 is 4.74 Å². The number of hydrogen-bond donors (Lipinski definition) is 0. The van der Waals surface area contributed by atoms with Gasteiger partial charge in [-0.05, 0) is 13.0 Å². The summed E-state index contributed by atoms with van der Waals surface area (Å²) in [6.07, 6.45) is -5.39. The zero-order chi connectivity index (χ0) is 12.3. The molecule has 0 aromatic carbocycles. The van der Waals surface area contributed by atoms with E-state index in [1.807, 2.05) is 0 Å². The normalized spacial score (nSPS) is 13.0. The third kappa shape index (κ3) is 2.76. The molecule has 0 aliphatic heterocycles. The number of halogens is 4. The molecular formula is C9H6ClF3N2O. The highest BCUT2D eigenvalue weighted by molar-refractivity contribution is 6.32. The predicted octanol–water partition coefficient (Wildman–Crippen LogP) is 2.94. The first-order valence-corrected chi connectivity index (χ1v) is 4.52. The highest BCUT2D eigenvalue weighted by Crippen LogP contribution is 2.29. The Hall–Kier alpha value is -1.48. The van der Waals surface area contributed by atoms with Crippen molar-refractivity contribution in [3.8, 4) is 11.9 Å². The molecule has 0 saturated carbocycles. The van der Waals surface area contributed by atoms with Gasteiger partial charge in [0.1, 0.15) is 11.1 Å². The summed E-state index contributed by atoms with van der Waals surface area (Å²) in [5.41, 5.74) is 0.0149. The number of pyridine rings is 1. The van der Waals surface area contributed by atoms with Crippen molar-refractivity contribution in [3.63, 3.8) is 0 Å². The zero-order valence-electron chi connectivity index (χ0n) is 8.05. The second-order valence-corrected chi connectivity index (χ2v) is 3.27. The molecule has 1 heterocycles. The highest BCUT2D eigenvalue weighted by atomic mass is 35.5. The van der Waals surface area contributed by atoms with Gasteiger partial charge in [-0.2, -0.15) is 18.4 Å². The van der Waals surface area contributed by atoms with Gasteiger partial charge in [0.15, 0.2) is 6.10 Å². The fourth-order valence-electron chi connectivity index (χ4n) is 0.827. The largest absolute Gasteiger partial charge is 0.464 e. The molecule has 0 radical (unpaired) electrons. The number of alkyl halides is 3. The average Bonchev–Trinajstić information content (AvgIpc) is 2.19. The molecule has 0 N–H and O–H groups in total. The summed E-state index contributed by atoms with van der Waals surface area (Å²) < 4.78 is 41.1. The van der Waals surface area contributed by atoms with E-state index in [0.717, 1.165) is 13.1 Å². The molecular weight excluding hydrogens is 245 g/mol. The van der Waals surface area contributed by atoms with Gasteiger partial charge in [-0.25, -0.2) is 4.98 Å². The standard InChI is InChI=1S/C9H6ClF3N2O/c1-5(9(11,12)13)16-8-7(10)6(4-14)2-3-15-8/h2-3,5H,1H3. The topological polar surface area (TPSA) is 45.9 Å². The number of hydrogen-bond acceptors (Lipinski definition) is 3. The smallest absolute Gasteiger partial charge is 0.425 e. The minimum Gasteiger partial charge on any atom is -0.464 e. The zero-order valence-corrected chi connectivity index (χ0v) is 8.80. The molecule has 0 fully saturated rings. The molecule has 1 unspecified atom stereocenters. The lowest BCUT2D eigenvalue weighted by Crippen LogP contribution is -2.31. The summed E-state index contributed by atoms with van der Waals surface area (Å²) in [7, 11) is 0. The first-order valence-electron chi connectivity index (χ1n) is 4.14. The lowest BCUT2D eigenvalue weighted by atomic mass is 10.3. The quantitative estimate of drug-likeness (QED) is 0.811. The molecule has 16 heavy (non-hydrogen) atoms. The van der Waals surface area contributed by atoms with Gasteiger partial charge in [-0.3, -0.25) is 0 Å². The lowest BCUT2D eigenvalue weighted by molar-refractivity contribution is -0.189. The second kappa shape index (κ2) is 4.58. The van der Waals surface area contributed by atoms with Gasteiger partial charge in [0.05, 0.1) is 5.56 Å². The second-order valence-electron chi connectivity index (χ2n) is 2.89. The van der Waals surface area contributed by atoms with E-state index in [-0.39, 0.29) is 10.6 Å². The number of nitrogens with zero attached hydrogens (tertiary/aromatic N) is 2. The molecule has 7 heteroatoms. The van der Waals surface area contributed by atoms with E-state index in [0.29, 0.717) is 0 Å².